The molecule has 5 nitrogen and oxygen atoms in total. The molecule has 0 atom stereocenters. The highest BCUT2D eigenvalue weighted by atomic mass is 19.4. The molecule has 0 spiro atoms. The van der Waals surface area contributed by atoms with E-state index in [2.05, 4.69) is 9.84 Å². The first-order chi connectivity index (χ1) is 10.2. The van der Waals surface area contributed by atoms with Gasteiger partial charge in [-0.2, -0.15) is 18.3 Å². The Morgan fingerprint density at radius 2 is 1.91 bits per heavy atom. The Morgan fingerprint density at radius 1 is 1.32 bits per heavy atom. The van der Waals surface area contributed by atoms with Gasteiger partial charge in [-0.3, -0.25) is 0 Å². The highest BCUT2D eigenvalue weighted by molar-refractivity contribution is 5.90. The number of nitrogens with zero attached hydrogens (tertiary/aromatic N) is 2. The molecule has 0 unspecified atom stereocenters. The SMILES string of the molecule is COC(=O)c1nn(-c2ccc(F)cc2)c(N)c1CC(F)(F)F. The van der Waals surface area contributed by atoms with Gasteiger partial charge in [-0.1, -0.05) is 0 Å². The number of anilines is 1. The lowest BCUT2D eigenvalue weighted by molar-refractivity contribution is -0.127. The van der Waals surface area contributed by atoms with Gasteiger partial charge < -0.3 is 10.5 Å². The third-order valence-electron chi connectivity index (χ3n) is 2.85. The Labute approximate surface area is 122 Å². The first kappa shape index (κ1) is 15.8. The van der Waals surface area contributed by atoms with Crippen LogP contribution in [-0.4, -0.2) is 29.0 Å². The number of nitrogen functional groups attached to an aromatic ring is 1. The molecule has 0 aliphatic heterocycles. The van der Waals surface area contributed by atoms with Gasteiger partial charge in [-0.15, -0.1) is 0 Å². The van der Waals surface area contributed by atoms with Gasteiger partial charge in [-0.25, -0.2) is 13.9 Å². The molecule has 2 aromatic rings. The summed E-state index contributed by atoms with van der Waals surface area (Å²) in [5.74, 6) is -1.92. The number of hydrogen-bond acceptors (Lipinski definition) is 4. The standard InChI is InChI=1S/C13H11F4N3O2/c1-22-12(21)10-9(6-13(15,16)17)11(18)20(19-10)8-4-2-7(14)3-5-8/h2-5H,6,18H2,1H3. The lowest BCUT2D eigenvalue weighted by atomic mass is 10.1. The molecular formula is C13H11F4N3O2. The summed E-state index contributed by atoms with van der Waals surface area (Å²) < 4.78 is 56.2. The summed E-state index contributed by atoms with van der Waals surface area (Å²) in [7, 11) is 1.02. The van der Waals surface area contributed by atoms with Crippen LogP contribution < -0.4 is 5.73 Å². The van der Waals surface area contributed by atoms with Crippen LogP contribution in [0.5, 0.6) is 0 Å². The maximum absolute atomic E-state index is 12.9. The van der Waals surface area contributed by atoms with Gasteiger partial charge in [-0.05, 0) is 24.3 Å². The second-order valence-corrected chi connectivity index (χ2v) is 4.38. The number of methoxy groups -OCH3 is 1. The Bertz CT molecular complexity index is 693. The number of aromatic nitrogens is 2. The molecule has 0 radical (unpaired) electrons. The molecular weight excluding hydrogens is 306 g/mol. The molecule has 22 heavy (non-hydrogen) atoms. The Hall–Kier alpha value is -2.58. The Morgan fingerprint density at radius 3 is 2.41 bits per heavy atom. The van der Waals surface area contributed by atoms with E-state index in [1.54, 1.807) is 0 Å². The number of nitrogens with two attached hydrogens (primary N) is 1. The van der Waals surface area contributed by atoms with Gasteiger partial charge in [0, 0.05) is 5.56 Å². The van der Waals surface area contributed by atoms with Crippen LogP contribution in [0.4, 0.5) is 23.4 Å². The van der Waals surface area contributed by atoms with Crippen LogP contribution >= 0.6 is 0 Å². The minimum absolute atomic E-state index is 0.220. The van der Waals surface area contributed by atoms with E-state index >= 15 is 0 Å². The highest BCUT2D eigenvalue weighted by Crippen LogP contribution is 2.29. The van der Waals surface area contributed by atoms with Gasteiger partial charge in [0.1, 0.15) is 11.6 Å². The summed E-state index contributed by atoms with van der Waals surface area (Å²) in [6.07, 6.45) is -6.00. The molecule has 0 fully saturated rings. The van der Waals surface area contributed by atoms with E-state index in [9.17, 15) is 22.4 Å². The second kappa shape index (κ2) is 5.66. The molecule has 0 bridgehead atoms. The molecule has 2 rings (SSSR count). The topological polar surface area (TPSA) is 70.1 Å². The summed E-state index contributed by atoms with van der Waals surface area (Å²) in [6, 6.07) is 4.74. The number of carbonyl (C=O) groups excluding carboxylic acids is 1. The van der Waals surface area contributed by atoms with E-state index < -0.39 is 35.6 Å². The van der Waals surface area contributed by atoms with E-state index in [1.165, 1.54) is 12.1 Å². The van der Waals surface area contributed by atoms with Crippen molar-refractivity contribution in [3.05, 3.63) is 41.3 Å². The molecule has 1 aromatic heterocycles. The molecule has 1 heterocycles. The number of halogens is 4. The molecule has 9 heteroatoms. The van der Waals surface area contributed by atoms with Gasteiger partial charge in [0.15, 0.2) is 5.69 Å². The Kier molecular flexibility index (Phi) is 4.07. The van der Waals surface area contributed by atoms with Crippen LogP contribution in [-0.2, 0) is 11.2 Å². The number of hydrogen-bond donors (Lipinski definition) is 1. The molecule has 118 valence electrons. The molecule has 2 N–H and O–H groups in total. The van der Waals surface area contributed by atoms with E-state index in [0.29, 0.717) is 0 Å². The monoisotopic (exact) mass is 317 g/mol. The van der Waals surface area contributed by atoms with E-state index in [-0.39, 0.29) is 11.5 Å². The van der Waals surface area contributed by atoms with Crippen molar-refractivity contribution >= 4 is 11.8 Å². The van der Waals surface area contributed by atoms with Gasteiger partial charge in [0.2, 0.25) is 0 Å². The molecule has 0 aliphatic carbocycles. The predicted molar refractivity (Wildman–Crippen MR) is 69.0 cm³/mol. The molecule has 0 saturated heterocycles. The van der Waals surface area contributed by atoms with Crippen molar-refractivity contribution in [1.29, 1.82) is 0 Å². The second-order valence-electron chi connectivity index (χ2n) is 4.38. The summed E-state index contributed by atoms with van der Waals surface area (Å²) in [5.41, 5.74) is 4.88. The first-order valence-corrected chi connectivity index (χ1v) is 6.01. The molecule has 1 aromatic carbocycles. The van der Waals surface area contributed by atoms with Gasteiger partial charge >= 0.3 is 12.1 Å². The van der Waals surface area contributed by atoms with Crippen molar-refractivity contribution in [1.82, 2.24) is 9.78 Å². The van der Waals surface area contributed by atoms with Crippen LogP contribution in [0, 0.1) is 5.82 Å². The van der Waals surface area contributed by atoms with Crippen molar-refractivity contribution in [2.24, 2.45) is 0 Å². The molecule has 0 amide bonds. The van der Waals surface area contributed by atoms with Gasteiger partial charge in [0.05, 0.1) is 19.2 Å². The fourth-order valence-electron chi connectivity index (χ4n) is 1.88. The zero-order valence-electron chi connectivity index (χ0n) is 11.3. The van der Waals surface area contributed by atoms with E-state index in [1.807, 2.05) is 0 Å². The number of esters is 1. The van der Waals surface area contributed by atoms with E-state index in [4.69, 9.17) is 5.73 Å². The first-order valence-electron chi connectivity index (χ1n) is 6.01. The number of carbonyl (C=O) groups is 1. The van der Waals surface area contributed by atoms with Crippen molar-refractivity contribution in [2.45, 2.75) is 12.6 Å². The summed E-state index contributed by atoms with van der Waals surface area (Å²) in [6.45, 7) is 0. The summed E-state index contributed by atoms with van der Waals surface area (Å²) in [4.78, 5) is 11.6. The van der Waals surface area contributed by atoms with Gasteiger partial charge in [0.25, 0.3) is 0 Å². The third-order valence-corrected chi connectivity index (χ3v) is 2.85. The third kappa shape index (κ3) is 3.18. The van der Waals surface area contributed by atoms with Crippen molar-refractivity contribution in [3.8, 4) is 5.69 Å². The van der Waals surface area contributed by atoms with Crippen LogP contribution in [0.15, 0.2) is 24.3 Å². The highest BCUT2D eigenvalue weighted by Gasteiger charge is 2.34. The Balaban J connectivity index is 2.57. The van der Waals surface area contributed by atoms with E-state index in [0.717, 1.165) is 23.9 Å². The molecule has 0 aliphatic rings. The lowest BCUT2D eigenvalue weighted by Crippen LogP contribution is -2.16. The average Bonchev–Trinajstić information content (AvgIpc) is 2.75. The average molecular weight is 317 g/mol. The summed E-state index contributed by atoms with van der Waals surface area (Å²) >= 11 is 0. The fourth-order valence-corrected chi connectivity index (χ4v) is 1.88. The fraction of sp³-hybridized carbons (Fsp3) is 0.231. The van der Waals surface area contributed by atoms with Crippen LogP contribution in [0.1, 0.15) is 16.1 Å². The number of rotatable bonds is 3. The lowest BCUT2D eigenvalue weighted by Gasteiger charge is -2.07. The minimum atomic E-state index is -4.58. The smallest absolute Gasteiger partial charge is 0.393 e. The maximum atomic E-state index is 12.9. The van der Waals surface area contributed by atoms with Crippen molar-refractivity contribution in [3.63, 3.8) is 0 Å². The minimum Gasteiger partial charge on any atom is -0.464 e. The zero-order chi connectivity index (χ0) is 16.5. The van der Waals surface area contributed by atoms with Crippen LogP contribution in [0.25, 0.3) is 5.69 Å². The number of alkyl halides is 3. The largest absolute Gasteiger partial charge is 0.464 e. The zero-order valence-corrected chi connectivity index (χ0v) is 11.3. The quantitative estimate of drug-likeness (QED) is 0.697. The number of ether oxygens (including phenoxy) is 1. The number of benzene rings is 1. The normalized spacial score (nSPS) is 11.5. The van der Waals surface area contributed by atoms with Crippen molar-refractivity contribution in [2.75, 3.05) is 12.8 Å². The van der Waals surface area contributed by atoms with Crippen LogP contribution in [0.3, 0.4) is 0 Å². The van der Waals surface area contributed by atoms with Crippen molar-refractivity contribution < 1.29 is 27.1 Å². The summed E-state index contributed by atoms with van der Waals surface area (Å²) in [5, 5.41) is 3.76. The predicted octanol–water partition coefficient (Wildman–Crippen LogP) is 2.49. The molecule has 0 saturated carbocycles. The maximum Gasteiger partial charge on any atom is 0.393 e. The van der Waals surface area contributed by atoms with Crippen LogP contribution in [0.2, 0.25) is 0 Å².